The fraction of sp³-hybridized carbons (Fsp3) is 0.762. The first-order valence-electron chi connectivity index (χ1n) is 11.2. The van der Waals surface area contributed by atoms with Crippen molar-refractivity contribution in [2.24, 2.45) is 11.8 Å². The van der Waals surface area contributed by atoms with Crippen LogP contribution in [-0.4, -0.2) is 78.8 Å². The maximum absolute atomic E-state index is 13.1. The molecule has 2 amide bonds. The van der Waals surface area contributed by atoms with Gasteiger partial charge in [-0.1, -0.05) is 5.16 Å². The summed E-state index contributed by atoms with van der Waals surface area (Å²) in [7, 11) is -3.76. The first-order chi connectivity index (χ1) is 14.7. The maximum atomic E-state index is 13.1. The van der Waals surface area contributed by atoms with Gasteiger partial charge in [0.05, 0.1) is 5.92 Å². The molecule has 2 fully saturated rings. The lowest BCUT2D eigenvalue weighted by Crippen LogP contribution is -2.50. The van der Waals surface area contributed by atoms with Crippen molar-refractivity contribution in [2.75, 3.05) is 39.3 Å². The zero-order valence-electron chi connectivity index (χ0n) is 19.0. The van der Waals surface area contributed by atoms with Crippen LogP contribution in [-0.2, 0) is 19.6 Å². The Kier molecular flexibility index (Phi) is 7.41. The average Bonchev–Trinajstić information content (AvgIpc) is 3.12. The van der Waals surface area contributed by atoms with Gasteiger partial charge < -0.3 is 14.3 Å². The summed E-state index contributed by atoms with van der Waals surface area (Å²) in [4.78, 5) is 29.5. The van der Waals surface area contributed by atoms with Crippen molar-refractivity contribution in [3.05, 3.63) is 11.5 Å². The smallest absolute Gasteiger partial charge is 0.248 e. The van der Waals surface area contributed by atoms with Gasteiger partial charge in [0.2, 0.25) is 21.8 Å². The van der Waals surface area contributed by atoms with E-state index in [1.165, 1.54) is 4.31 Å². The molecule has 10 heteroatoms. The van der Waals surface area contributed by atoms with Crippen LogP contribution in [0.1, 0.15) is 51.0 Å². The number of aryl methyl sites for hydroxylation is 2. The Morgan fingerprint density at radius 3 is 2.26 bits per heavy atom. The summed E-state index contributed by atoms with van der Waals surface area (Å²) in [5.74, 6) is 0.0375. The molecular weight excluding hydrogens is 420 g/mol. The van der Waals surface area contributed by atoms with E-state index < -0.39 is 10.0 Å². The van der Waals surface area contributed by atoms with E-state index in [0.29, 0.717) is 64.1 Å². The Morgan fingerprint density at radius 2 is 1.71 bits per heavy atom. The Hall–Kier alpha value is -1.94. The van der Waals surface area contributed by atoms with Gasteiger partial charge in [-0.25, -0.2) is 8.42 Å². The first-order valence-corrected chi connectivity index (χ1v) is 12.6. The molecule has 9 nitrogen and oxygen atoms in total. The molecule has 1 aromatic heterocycles. The second-order valence-electron chi connectivity index (χ2n) is 8.47. The normalized spacial score (nSPS) is 21.3. The van der Waals surface area contributed by atoms with Crippen molar-refractivity contribution >= 4 is 21.8 Å². The highest BCUT2D eigenvalue weighted by molar-refractivity contribution is 7.89. The highest BCUT2D eigenvalue weighted by Gasteiger charge is 2.38. The molecule has 2 saturated heterocycles. The van der Waals surface area contributed by atoms with Crippen LogP contribution in [0, 0.1) is 25.7 Å². The summed E-state index contributed by atoms with van der Waals surface area (Å²) in [5.41, 5.74) is 0.339. The van der Waals surface area contributed by atoms with Crippen LogP contribution in [0.4, 0.5) is 0 Å². The zero-order chi connectivity index (χ0) is 22.8. The van der Waals surface area contributed by atoms with E-state index in [2.05, 4.69) is 5.16 Å². The summed E-state index contributed by atoms with van der Waals surface area (Å²) in [6.45, 7) is 10.2. The number of nitrogens with zero attached hydrogens (tertiary/aromatic N) is 4. The monoisotopic (exact) mass is 454 g/mol. The molecular formula is C21H34N4O5S. The first kappa shape index (κ1) is 23.7. The summed E-state index contributed by atoms with van der Waals surface area (Å²) in [6, 6.07) is 0. The number of piperidine rings is 2. The number of hydrogen-bond donors (Lipinski definition) is 0. The molecule has 0 spiro atoms. The molecule has 2 aliphatic rings. The predicted molar refractivity (Wildman–Crippen MR) is 115 cm³/mol. The quantitative estimate of drug-likeness (QED) is 0.649. The molecule has 31 heavy (non-hydrogen) atoms. The lowest BCUT2D eigenvalue weighted by atomic mass is 9.92. The SMILES string of the molecule is CCN(CC)C(=O)C1CCN(C(=O)C2CCCN(S(=O)(=O)c3c(C)noc3C)C2)CC1. The van der Waals surface area contributed by atoms with Gasteiger partial charge in [0.15, 0.2) is 5.76 Å². The lowest BCUT2D eigenvalue weighted by Gasteiger charge is -2.38. The Labute approximate surface area is 184 Å². The molecule has 0 saturated carbocycles. The van der Waals surface area contributed by atoms with E-state index in [1.54, 1.807) is 13.8 Å². The van der Waals surface area contributed by atoms with Crippen LogP contribution < -0.4 is 0 Å². The second-order valence-corrected chi connectivity index (χ2v) is 10.3. The molecule has 2 aliphatic heterocycles. The minimum Gasteiger partial charge on any atom is -0.360 e. The van der Waals surface area contributed by atoms with Gasteiger partial charge >= 0.3 is 0 Å². The molecule has 1 atom stereocenters. The van der Waals surface area contributed by atoms with Crippen LogP contribution in [0.25, 0.3) is 0 Å². The van der Waals surface area contributed by atoms with E-state index >= 15 is 0 Å². The Morgan fingerprint density at radius 1 is 1.06 bits per heavy atom. The van der Waals surface area contributed by atoms with Gasteiger partial charge in [-0.3, -0.25) is 9.59 Å². The summed E-state index contributed by atoms with van der Waals surface area (Å²) >= 11 is 0. The predicted octanol–water partition coefficient (Wildman–Crippen LogP) is 1.80. The van der Waals surface area contributed by atoms with Gasteiger partial charge in [-0.15, -0.1) is 0 Å². The zero-order valence-corrected chi connectivity index (χ0v) is 19.8. The molecule has 1 aromatic rings. The van der Waals surface area contributed by atoms with Gasteiger partial charge in [0, 0.05) is 45.2 Å². The average molecular weight is 455 g/mol. The van der Waals surface area contributed by atoms with Crippen LogP contribution in [0.5, 0.6) is 0 Å². The fourth-order valence-corrected chi connectivity index (χ4v) is 6.55. The van der Waals surface area contributed by atoms with Gasteiger partial charge in [0.1, 0.15) is 10.6 Å². The summed E-state index contributed by atoms with van der Waals surface area (Å²) < 4.78 is 32.7. The molecule has 3 rings (SSSR count). The molecule has 0 N–H and O–H groups in total. The number of sulfonamides is 1. The molecule has 1 unspecified atom stereocenters. The van der Waals surface area contributed by atoms with Gasteiger partial charge in [-0.2, -0.15) is 4.31 Å². The number of carbonyl (C=O) groups excluding carboxylic acids is 2. The molecule has 0 radical (unpaired) electrons. The highest BCUT2D eigenvalue weighted by atomic mass is 32.2. The van der Waals surface area contributed by atoms with Crippen molar-refractivity contribution in [3.8, 4) is 0 Å². The van der Waals surface area contributed by atoms with Crippen LogP contribution in [0.3, 0.4) is 0 Å². The highest BCUT2D eigenvalue weighted by Crippen LogP contribution is 2.29. The maximum Gasteiger partial charge on any atom is 0.248 e. The third-order valence-electron chi connectivity index (χ3n) is 6.53. The Balaban J connectivity index is 1.63. The number of rotatable bonds is 6. The van der Waals surface area contributed by atoms with Crippen molar-refractivity contribution in [3.63, 3.8) is 0 Å². The third kappa shape index (κ3) is 4.79. The van der Waals surface area contributed by atoms with Crippen molar-refractivity contribution in [1.29, 1.82) is 0 Å². The van der Waals surface area contributed by atoms with Crippen LogP contribution in [0.15, 0.2) is 9.42 Å². The molecule has 174 valence electrons. The van der Waals surface area contributed by atoms with Gasteiger partial charge in [-0.05, 0) is 53.4 Å². The van der Waals surface area contributed by atoms with Crippen molar-refractivity contribution < 1.29 is 22.5 Å². The van der Waals surface area contributed by atoms with E-state index in [1.807, 2.05) is 23.6 Å². The standard InChI is InChI=1S/C21H34N4O5S/c1-5-23(6-2)20(26)17-9-12-24(13-10-17)21(27)18-8-7-11-25(14-18)31(28,29)19-15(3)22-30-16(19)4/h17-18H,5-14H2,1-4H3. The fourth-order valence-electron chi connectivity index (χ4n) is 4.73. The van der Waals surface area contributed by atoms with Gasteiger partial charge in [0.25, 0.3) is 0 Å². The van der Waals surface area contributed by atoms with Crippen molar-refractivity contribution in [1.82, 2.24) is 19.3 Å². The largest absolute Gasteiger partial charge is 0.360 e. The van der Waals surface area contributed by atoms with Crippen LogP contribution >= 0.6 is 0 Å². The summed E-state index contributed by atoms with van der Waals surface area (Å²) in [6.07, 6.45) is 2.63. The number of likely N-dealkylation sites (tertiary alicyclic amines) is 1. The molecule has 0 bridgehead atoms. The molecule has 0 aromatic carbocycles. The van der Waals surface area contributed by atoms with E-state index in [-0.39, 0.29) is 40.9 Å². The van der Waals surface area contributed by atoms with Crippen LogP contribution in [0.2, 0.25) is 0 Å². The van der Waals surface area contributed by atoms with E-state index in [4.69, 9.17) is 4.52 Å². The second kappa shape index (κ2) is 9.68. The number of hydrogen-bond acceptors (Lipinski definition) is 6. The number of aromatic nitrogens is 1. The number of carbonyl (C=O) groups is 2. The topological polar surface area (TPSA) is 104 Å². The number of amides is 2. The molecule has 0 aliphatic carbocycles. The lowest BCUT2D eigenvalue weighted by molar-refractivity contribution is -0.143. The van der Waals surface area contributed by atoms with Crippen molar-refractivity contribution in [2.45, 2.75) is 58.3 Å². The van der Waals surface area contributed by atoms with E-state index in [0.717, 1.165) is 0 Å². The molecule has 3 heterocycles. The third-order valence-corrected chi connectivity index (χ3v) is 8.64. The minimum atomic E-state index is -3.76. The minimum absolute atomic E-state index is 0.00704. The van der Waals surface area contributed by atoms with E-state index in [9.17, 15) is 18.0 Å². The summed E-state index contributed by atoms with van der Waals surface area (Å²) in [5, 5.41) is 3.76. The Bertz CT molecular complexity index is 881.